The zero-order valence-corrected chi connectivity index (χ0v) is 22.1. The van der Waals surface area contributed by atoms with Crippen molar-refractivity contribution >= 4 is 69.6 Å². The van der Waals surface area contributed by atoms with E-state index in [-0.39, 0.29) is 24.8 Å². The molecule has 0 amide bonds. The Morgan fingerprint density at radius 3 is 2.64 bits per heavy atom. The van der Waals surface area contributed by atoms with E-state index in [0.717, 1.165) is 45.7 Å². The van der Waals surface area contributed by atoms with Crippen LogP contribution in [-0.4, -0.2) is 40.6 Å². The van der Waals surface area contributed by atoms with Crippen LogP contribution in [0.3, 0.4) is 0 Å². The minimum Gasteiger partial charge on any atom is -0.491 e. The maximum Gasteiger partial charge on any atom is 0.187 e. The van der Waals surface area contributed by atoms with Crippen LogP contribution in [-0.2, 0) is 6.54 Å². The highest BCUT2D eigenvalue weighted by Gasteiger charge is 2.13. The van der Waals surface area contributed by atoms with E-state index in [4.69, 9.17) is 26.3 Å². The molecule has 0 aliphatic carbocycles. The molecule has 0 saturated carbocycles. The van der Waals surface area contributed by atoms with Gasteiger partial charge in [0.05, 0.1) is 23.3 Å². The van der Waals surface area contributed by atoms with Gasteiger partial charge < -0.3 is 19.9 Å². The molecule has 0 bridgehead atoms. The lowest BCUT2D eigenvalue weighted by atomic mass is 10.2. The number of imidazole rings is 1. The zero-order chi connectivity index (χ0) is 22.0. The predicted octanol–water partition coefficient (Wildman–Crippen LogP) is 7.02. The van der Waals surface area contributed by atoms with E-state index in [9.17, 15) is 0 Å². The highest BCUT2D eigenvalue weighted by molar-refractivity contribution is 7.14. The lowest BCUT2D eigenvalue weighted by molar-refractivity contribution is 0.272. The molecule has 178 valence electrons. The van der Waals surface area contributed by atoms with Gasteiger partial charge in [0, 0.05) is 16.9 Å². The van der Waals surface area contributed by atoms with Crippen molar-refractivity contribution in [3.63, 3.8) is 0 Å². The van der Waals surface area contributed by atoms with E-state index in [0.29, 0.717) is 17.5 Å². The van der Waals surface area contributed by atoms with Crippen molar-refractivity contribution in [2.75, 3.05) is 26.0 Å². The summed E-state index contributed by atoms with van der Waals surface area (Å²) in [5, 5.41) is 6.72. The molecule has 2 N–H and O–H groups in total. The monoisotopic (exact) mass is 527 g/mol. The van der Waals surface area contributed by atoms with Gasteiger partial charge in [-0.05, 0) is 55.9 Å². The SMILES string of the molecule is CC(C)COc1ccc(Cl)cc1Nc1nc(-c2nc3ccc(CN(C)C)cc3[nH]2)cs1.Cl.Cl. The van der Waals surface area contributed by atoms with Crippen LogP contribution >= 0.6 is 47.8 Å². The Bertz CT molecular complexity index is 1190. The summed E-state index contributed by atoms with van der Waals surface area (Å²) in [5.74, 6) is 1.94. The van der Waals surface area contributed by atoms with Crippen molar-refractivity contribution in [1.82, 2.24) is 19.9 Å². The fourth-order valence-electron chi connectivity index (χ4n) is 3.18. The van der Waals surface area contributed by atoms with Crippen molar-refractivity contribution in [3.8, 4) is 17.3 Å². The number of anilines is 2. The molecule has 0 atom stereocenters. The summed E-state index contributed by atoms with van der Waals surface area (Å²) in [6.07, 6.45) is 0. The van der Waals surface area contributed by atoms with Crippen LogP contribution in [0.4, 0.5) is 10.8 Å². The van der Waals surface area contributed by atoms with Crippen LogP contribution in [0, 0.1) is 5.92 Å². The van der Waals surface area contributed by atoms with Crippen LogP contribution in [0.1, 0.15) is 19.4 Å². The number of ether oxygens (including phenoxy) is 1. The summed E-state index contributed by atoms with van der Waals surface area (Å²) in [7, 11) is 4.12. The van der Waals surface area contributed by atoms with E-state index in [1.807, 2.05) is 29.6 Å². The number of rotatable bonds is 8. The van der Waals surface area contributed by atoms with Crippen LogP contribution in [0.15, 0.2) is 41.8 Å². The topological polar surface area (TPSA) is 66.1 Å². The second-order valence-electron chi connectivity index (χ2n) is 8.18. The molecule has 0 saturated heterocycles. The first kappa shape index (κ1) is 27.2. The molecule has 0 fully saturated rings. The number of thiazole rings is 1. The predicted molar refractivity (Wildman–Crippen MR) is 144 cm³/mol. The van der Waals surface area contributed by atoms with E-state index in [1.54, 1.807) is 0 Å². The van der Waals surface area contributed by atoms with Crippen molar-refractivity contribution in [2.45, 2.75) is 20.4 Å². The number of H-pyrrole nitrogens is 1. The molecule has 0 unspecified atom stereocenters. The molecule has 0 radical (unpaired) electrons. The minimum absolute atomic E-state index is 0. The Kier molecular flexibility index (Phi) is 9.82. The second kappa shape index (κ2) is 11.9. The van der Waals surface area contributed by atoms with E-state index < -0.39 is 0 Å². The highest BCUT2D eigenvalue weighted by Crippen LogP contribution is 2.33. The minimum atomic E-state index is 0. The average molecular weight is 529 g/mol. The number of halogens is 3. The Labute approximate surface area is 215 Å². The summed E-state index contributed by atoms with van der Waals surface area (Å²) in [6, 6.07) is 11.9. The van der Waals surface area contributed by atoms with Crippen molar-refractivity contribution in [2.24, 2.45) is 5.92 Å². The van der Waals surface area contributed by atoms with Gasteiger partial charge >= 0.3 is 0 Å². The third kappa shape index (κ3) is 6.98. The van der Waals surface area contributed by atoms with E-state index >= 15 is 0 Å². The summed E-state index contributed by atoms with van der Waals surface area (Å²) < 4.78 is 5.93. The molecule has 10 heteroatoms. The van der Waals surface area contributed by atoms with E-state index in [1.165, 1.54) is 16.9 Å². The largest absolute Gasteiger partial charge is 0.491 e. The van der Waals surface area contributed by atoms with Crippen LogP contribution in [0.5, 0.6) is 5.75 Å². The normalized spacial score (nSPS) is 10.9. The number of nitrogens with zero attached hydrogens (tertiary/aromatic N) is 3. The van der Waals surface area contributed by atoms with Crippen molar-refractivity contribution in [3.05, 3.63) is 52.4 Å². The molecule has 4 aromatic rings. The van der Waals surface area contributed by atoms with Crippen LogP contribution < -0.4 is 10.1 Å². The molecule has 0 aliphatic rings. The summed E-state index contributed by atoms with van der Waals surface area (Å²) in [4.78, 5) is 15.0. The van der Waals surface area contributed by atoms with Gasteiger partial charge in [-0.1, -0.05) is 31.5 Å². The Morgan fingerprint density at radius 2 is 1.91 bits per heavy atom. The number of aromatic nitrogens is 3. The third-order valence-electron chi connectivity index (χ3n) is 4.55. The summed E-state index contributed by atoms with van der Waals surface area (Å²) >= 11 is 7.72. The van der Waals surface area contributed by atoms with Gasteiger partial charge in [-0.15, -0.1) is 36.2 Å². The van der Waals surface area contributed by atoms with Crippen LogP contribution in [0.2, 0.25) is 5.02 Å². The van der Waals surface area contributed by atoms with Gasteiger partial charge in [-0.3, -0.25) is 0 Å². The molecular weight excluding hydrogens is 501 g/mol. The number of aromatic amines is 1. The first-order valence-corrected chi connectivity index (χ1v) is 11.4. The summed E-state index contributed by atoms with van der Waals surface area (Å²) in [6.45, 7) is 5.75. The smallest absolute Gasteiger partial charge is 0.187 e. The first-order valence-electron chi connectivity index (χ1n) is 10.2. The molecule has 2 aromatic heterocycles. The molecule has 0 aliphatic heterocycles. The maximum absolute atomic E-state index is 6.21. The number of hydrogen-bond donors (Lipinski definition) is 2. The number of fused-ring (bicyclic) bond motifs is 1. The van der Waals surface area contributed by atoms with Crippen LogP contribution in [0.25, 0.3) is 22.6 Å². The lowest BCUT2D eigenvalue weighted by Crippen LogP contribution is -2.10. The van der Waals surface area contributed by atoms with Gasteiger partial charge in [0.25, 0.3) is 0 Å². The molecule has 33 heavy (non-hydrogen) atoms. The Hall–Kier alpha value is -2.03. The molecular formula is C23H28Cl3N5OS. The molecule has 4 rings (SSSR count). The fourth-order valence-corrected chi connectivity index (χ4v) is 4.06. The van der Waals surface area contributed by atoms with Gasteiger partial charge in [0.15, 0.2) is 11.0 Å². The quantitative estimate of drug-likeness (QED) is 0.257. The molecule has 2 heterocycles. The average Bonchev–Trinajstić information content (AvgIpc) is 3.33. The van der Waals surface area contributed by atoms with Crippen molar-refractivity contribution in [1.29, 1.82) is 0 Å². The summed E-state index contributed by atoms with van der Waals surface area (Å²) in [5.41, 5.74) is 4.77. The van der Waals surface area contributed by atoms with Gasteiger partial charge in [-0.25, -0.2) is 9.97 Å². The standard InChI is InChI=1S/C23H26ClN5OS.2ClH/c1-14(2)12-30-21-8-6-16(24)10-19(21)27-23-28-20(13-31-23)22-25-17-7-5-15(11-29(3)4)9-18(17)26-22;;/h5-10,13-14H,11-12H2,1-4H3,(H,25,26)(H,27,28);2*1H. The Balaban J connectivity index is 0.00000193. The second-order valence-corrected chi connectivity index (χ2v) is 9.48. The fraction of sp³-hybridized carbons (Fsp3) is 0.304. The Morgan fingerprint density at radius 1 is 1.12 bits per heavy atom. The zero-order valence-electron chi connectivity index (χ0n) is 18.9. The first-order chi connectivity index (χ1) is 14.9. The third-order valence-corrected chi connectivity index (χ3v) is 5.54. The van der Waals surface area contributed by atoms with Gasteiger partial charge in [-0.2, -0.15) is 0 Å². The van der Waals surface area contributed by atoms with Crippen molar-refractivity contribution < 1.29 is 4.74 Å². The maximum atomic E-state index is 6.21. The van der Waals surface area contributed by atoms with Gasteiger partial charge in [0.2, 0.25) is 0 Å². The molecule has 6 nitrogen and oxygen atoms in total. The molecule has 0 spiro atoms. The number of hydrogen-bond acceptors (Lipinski definition) is 6. The number of benzene rings is 2. The lowest BCUT2D eigenvalue weighted by Gasteiger charge is -2.13. The van der Waals surface area contributed by atoms with E-state index in [2.05, 4.69) is 55.3 Å². The van der Waals surface area contributed by atoms with Gasteiger partial charge in [0.1, 0.15) is 11.4 Å². The number of nitrogens with one attached hydrogen (secondary N) is 2. The highest BCUT2D eigenvalue weighted by atomic mass is 35.5. The molecule has 2 aromatic carbocycles.